The number of hydrogen-bond acceptors (Lipinski definition) is 5. The molecular formula is C21H25N3O4. The maximum absolute atomic E-state index is 12.8. The second-order valence-corrected chi connectivity index (χ2v) is 7.42. The standard InChI is InChI=1S/C21H25N3O4/c1-14-10-16(11-15(2)22-14)13-28-18-6-4-17(5-7-18)21(3)8-9-24(20(21)26)12-19(25)23-27/h4-7,10-11,27H,8-9,12-13H2,1-3H3,(H,23,25). The zero-order valence-corrected chi connectivity index (χ0v) is 16.4. The molecule has 1 aliphatic heterocycles. The Bertz CT molecular complexity index is 861. The zero-order valence-electron chi connectivity index (χ0n) is 16.4. The van der Waals surface area contributed by atoms with Crippen LogP contribution in [0.2, 0.25) is 0 Å². The van der Waals surface area contributed by atoms with Crippen molar-refractivity contribution in [2.24, 2.45) is 0 Å². The molecule has 1 aromatic carbocycles. The molecule has 1 fully saturated rings. The molecule has 2 amide bonds. The molecule has 3 rings (SSSR count). The summed E-state index contributed by atoms with van der Waals surface area (Å²) in [5, 5.41) is 8.67. The van der Waals surface area contributed by atoms with Gasteiger partial charge in [-0.05, 0) is 62.6 Å². The number of aryl methyl sites for hydroxylation is 2. The van der Waals surface area contributed by atoms with Crippen LogP contribution in [0.3, 0.4) is 0 Å². The van der Waals surface area contributed by atoms with Gasteiger partial charge in [-0.25, -0.2) is 5.48 Å². The summed E-state index contributed by atoms with van der Waals surface area (Å²) in [5.41, 5.74) is 4.74. The summed E-state index contributed by atoms with van der Waals surface area (Å²) in [6.07, 6.45) is 0.611. The third kappa shape index (κ3) is 4.14. The highest BCUT2D eigenvalue weighted by molar-refractivity contribution is 5.93. The second kappa shape index (κ2) is 7.98. The first-order valence-corrected chi connectivity index (χ1v) is 9.21. The van der Waals surface area contributed by atoms with Crippen LogP contribution in [-0.2, 0) is 21.6 Å². The maximum Gasteiger partial charge on any atom is 0.262 e. The Morgan fingerprint density at radius 2 is 1.89 bits per heavy atom. The summed E-state index contributed by atoms with van der Waals surface area (Å²) in [5.74, 6) is 0.0110. The highest BCUT2D eigenvalue weighted by Gasteiger charge is 2.44. The monoisotopic (exact) mass is 383 g/mol. The maximum atomic E-state index is 12.8. The van der Waals surface area contributed by atoms with Crippen LogP contribution in [0.4, 0.5) is 0 Å². The molecule has 28 heavy (non-hydrogen) atoms. The van der Waals surface area contributed by atoms with E-state index in [0.717, 1.165) is 28.3 Å². The lowest BCUT2D eigenvalue weighted by atomic mass is 9.81. The average molecular weight is 383 g/mol. The first kappa shape index (κ1) is 19.8. The van der Waals surface area contributed by atoms with Gasteiger partial charge in [0.15, 0.2) is 0 Å². The lowest BCUT2D eigenvalue weighted by Gasteiger charge is -2.24. The molecule has 7 nitrogen and oxygen atoms in total. The summed E-state index contributed by atoms with van der Waals surface area (Å²) in [7, 11) is 0. The predicted molar refractivity (Wildman–Crippen MR) is 103 cm³/mol. The summed E-state index contributed by atoms with van der Waals surface area (Å²) >= 11 is 0. The van der Waals surface area contributed by atoms with Crippen LogP contribution in [-0.4, -0.2) is 40.0 Å². The minimum Gasteiger partial charge on any atom is -0.489 e. The number of benzene rings is 1. The molecule has 0 saturated carbocycles. The molecule has 2 aromatic rings. The van der Waals surface area contributed by atoms with Crippen molar-refractivity contribution < 1.29 is 19.5 Å². The molecule has 2 heterocycles. The molecule has 1 unspecified atom stereocenters. The van der Waals surface area contributed by atoms with Crippen LogP contribution in [0.5, 0.6) is 5.75 Å². The molecule has 2 N–H and O–H groups in total. The van der Waals surface area contributed by atoms with Gasteiger partial charge in [-0.15, -0.1) is 0 Å². The molecule has 0 bridgehead atoms. The average Bonchev–Trinajstić information content (AvgIpc) is 2.95. The van der Waals surface area contributed by atoms with Gasteiger partial charge in [0, 0.05) is 17.9 Å². The van der Waals surface area contributed by atoms with Crippen molar-refractivity contribution in [2.75, 3.05) is 13.1 Å². The molecule has 7 heteroatoms. The van der Waals surface area contributed by atoms with Crippen molar-refractivity contribution in [3.05, 3.63) is 58.9 Å². The topological polar surface area (TPSA) is 91.8 Å². The molecule has 0 radical (unpaired) electrons. The molecular weight excluding hydrogens is 358 g/mol. The number of carbonyl (C=O) groups excluding carboxylic acids is 2. The van der Waals surface area contributed by atoms with Crippen LogP contribution >= 0.6 is 0 Å². The highest BCUT2D eigenvalue weighted by atomic mass is 16.5. The van der Waals surface area contributed by atoms with E-state index in [1.165, 1.54) is 4.90 Å². The van der Waals surface area contributed by atoms with Gasteiger partial charge in [0.2, 0.25) is 5.91 Å². The number of rotatable bonds is 6. The van der Waals surface area contributed by atoms with Gasteiger partial charge in [-0.2, -0.15) is 0 Å². The van der Waals surface area contributed by atoms with Crippen LogP contribution in [0.25, 0.3) is 0 Å². The molecule has 1 saturated heterocycles. The fraction of sp³-hybridized carbons (Fsp3) is 0.381. The van der Waals surface area contributed by atoms with Crippen molar-refractivity contribution in [1.29, 1.82) is 0 Å². The van der Waals surface area contributed by atoms with Crippen molar-refractivity contribution in [3.63, 3.8) is 0 Å². The Labute approximate surface area is 164 Å². The molecule has 0 spiro atoms. The number of pyridine rings is 1. The Balaban J connectivity index is 1.66. The number of hydroxylamine groups is 1. The third-order valence-corrected chi connectivity index (χ3v) is 5.14. The number of ether oxygens (including phenoxy) is 1. The van der Waals surface area contributed by atoms with E-state index in [-0.39, 0.29) is 12.5 Å². The summed E-state index contributed by atoms with van der Waals surface area (Å²) in [4.78, 5) is 29.9. The van der Waals surface area contributed by atoms with Crippen molar-refractivity contribution in [1.82, 2.24) is 15.4 Å². The number of carbonyl (C=O) groups is 2. The van der Waals surface area contributed by atoms with Gasteiger partial charge in [0.25, 0.3) is 5.91 Å². The SMILES string of the molecule is Cc1cc(COc2ccc(C3(C)CCN(CC(=O)NO)C3=O)cc2)cc(C)n1. The van der Waals surface area contributed by atoms with E-state index >= 15 is 0 Å². The zero-order chi connectivity index (χ0) is 20.3. The fourth-order valence-electron chi connectivity index (χ4n) is 3.63. The largest absolute Gasteiger partial charge is 0.489 e. The van der Waals surface area contributed by atoms with E-state index < -0.39 is 11.3 Å². The van der Waals surface area contributed by atoms with Crippen LogP contribution in [0.15, 0.2) is 36.4 Å². The Morgan fingerprint density at radius 3 is 2.50 bits per heavy atom. The minimum absolute atomic E-state index is 0.118. The summed E-state index contributed by atoms with van der Waals surface area (Å²) < 4.78 is 5.86. The number of hydrogen-bond donors (Lipinski definition) is 2. The number of likely N-dealkylation sites (tertiary alicyclic amines) is 1. The van der Waals surface area contributed by atoms with E-state index in [0.29, 0.717) is 19.6 Å². The Kier molecular flexibility index (Phi) is 5.65. The van der Waals surface area contributed by atoms with Crippen LogP contribution < -0.4 is 10.2 Å². The van der Waals surface area contributed by atoms with Crippen molar-refractivity contribution >= 4 is 11.8 Å². The smallest absolute Gasteiger partial charge is 0.262 e. The van der Waals surface area contributed by atoms with Gasteiger partial charge in [-0.3, -0.25) is 19.8 Å². The van der Waals surface area contributed by atoms with Gasteiger partial charge in [0.1, 0.15) is 18.9 Å². The van der Waals surface area contributed by atoms with E-state index in [2.05, 4.69) is 4.98 Å². The van der Waals surface area contributed by atoms with Gasteiger partial charge >= 0.3 is 0 Å². The first-order chi connectivity index (χ1) is 13.3. The Hall–Kier alpha value is -2.93. The normalized spacial score (nSPS) is 19.0. The quantitative estimate of drug-likeness (QED) is 0.590. The lowest BCUT2D eigenvalue weighted by molar-refractivity contribution is -0.139. The third-order valence-electron chi connectivity index (χ3n) is 5.14. The molecule has 1 aromatic heterocycles. The second-order valence-electron chi connectivity index (χ2n) is 7.42. The van der Waals surface area contributed by atoms with Crippen LogP contribution in [0, 0.1) is 13.8 Å². The highest BCUT2D eigenvalue weighted by Crippen LogP contribution is 2.36. The summed E-state index contributed by atoms with van der Waals surface area (Å²) in [6.45, 7) is 6.57. The fourth-order valence-corrected chi connectivity index (χ4v) is 3.63. The number of nitrogens with zero attached hydrogens (tertiary/aromatic N) is 2. The molecule has 1 atom stereocenters. The predicted octanol–water partition coefficient (Wildman–Crippen LogP) is 2.27. The van der Waals surface area contributed by atoms with E-state index in [1.807, 2.05) is 57.2 Å². The Morgan fingerprint density at radius 1 is 1.25 bits per heavy atom. The van der Waals surface area contributed by atoms with Crippen molar-refractivity contribution in [3.8, 4) is 5.75 Å². The van der Waals surface area contributed by atoms with E-state index in [9.17, 15) is 9.59 Å². The number of aromatic nitrogens is 1. The summed E-state index contributed by atoms with van der Waals surface area (Å²) in [6, 6.07) is 11.5. The van der Waals surface area contributed by atoms with Gasteiger partial charge in [0.05, 0.1) is 5.41 Å². The lowest BCUT2D eigenvalue weighted by Crippen LogP contribution is -2.41. The number of nitrogens with one attached hydrogen (secondary N) is 1. The molecule has 148 valence electrons. The molecule has 0 aliphatic carbocycles. The van der Waals surface area contributed by atoms with Gasteiger partial charge < -0.3 is 9.64 Å². The minimum atomic E-state index is -0.687. The van der Waals surface area contributed by atoms with Crippen LogP contribution in [0.1, 0.15) is 35.9 Å². The molecule has 1 aliphatic rings. The number of amides is 2. The first-order valence-electron chi connectivity index (χ1n) is 9.21. The van der Waals surface area contributed by atoms with Crippen molar-refractivity contribution in [2.45, 2.75) is 39.2 Å². The van der Waals surface area contributed by atoms with Gasteiger partial charge in [-0.1, -0.05) is 12.1 Å². The van der Waals surface area contributed by atoms with E-state index in [4.69, 9.17) is 9.94 Å². The van der Waals surface area contributed by atoms with E-state index in [1.54, 1.807) is 5.48 Å².